The molecule has 0 unspecified atom stereocenters. The first kappa shape index (κ1) is 17.8. The molecule has 7 heteroatoms. The Morgan fingerprint density at radius 3 is 2.38 bits per heavy atom. The normalized spacial score (nSPS) is 11.0. The zero-order chi connectivity index (χ0) is 17.7. The molecule has 0 spiro atoms. The lowest BCUT2D eigenvalue weighted by molar-refractivity contribution is 0.0981. The second-order valence-electron chi connectivity index (χ2n) is 5.42. The number of carbonyl (C=O) groups excluding carboxylic acids is 1. The predicted octanol–water partition coefficient (Wildman–Crippen LogP) is 2.54. The molecular formula is C17H21N3O3S. The lowest BCUT2D eigenvalue weighted by Crippen LogP contribution is -2.35. The molecule has 0 aliphatic rings. The summed E-state index contributed by atoms with van der Waals surface area (Å²) in [6.45, 7) is 4.69. The predicted molar refractivity (Wildman–Crippen MR) is 96.6 cm³/mol. The zero-order valence-electron chi connectivity index (χ0n) is 13.9. The Kier molecular flexibility index (Phi) is 5.46. The van der Waals surface area contributed by atoms with Crippen molar-refractivity contribution in [3.63, 3.8) is 0 Å². The van der Waals surface area contributed by atoms with Crippen LogP contribution in [0.5, 0.6) is 0 Å². The molecular weight excluding hydrogens is 326 g/mol. The van der Waals surface area contributed by atoms with E-state index in [1.807, 2.05) is 42.6 Å². The van der Waals surface area contributed by atoms with Crippen LogP contribution in [0.15, 0.2) is 48.5 Å². The number of hydrogen-bond donors (Lipinski definition) is 2. The largest absolute Gasteiger partial charge is 0.375 e. The van der Waals surface area contributed by atoms with Gasteiger partial charge in [-0.25, -0.2) is 4.72 Å². The molecule has 0 saturated carbocycles. The van der Waals surface area contributed by atoms with Crippen molar-refractivity contribution in [2.24, 2.45) is 0 Å². The number of carbonyl (C=O) groups is 1. The summed E-state index contributed by atoms with van der Waals surface area (Å²) in [4.78, 5) is 14.0. The first-order valence-corrected chi connectivity index (χ1v) is 9.02. The maximum absolute atomic E-state index is 12.2. The van der Waals surface area contributed by atoms with Gasteiger partial charge in [-0.2, -0.15) is 8.42 Å². The molecule has 6 nitrogen and oxygen atoms in total. The van der Waals surface area contributed by atoms with Crippen molar-refractivity contribution in [1.29, 1.82) is 0 Å². The highest BCUT2D eigenvalue weighted by molar-refractivity contribution is 7.91. The van der Waals surface area contributed by atoms with Crippen LogP contribution in [0.4, 0.5) is 11.4 Å². The molecule has 24 heavy (non-hydrogen) atoms. The summed E-state index contributed by atoms with van der Waals surface area (Å²) >= 11 is 0. The molecule has 0 fully saturated rings. The molecule has 0 saturated heterocycles. The smallest absolute Gasteiger partial charge is 0.323 e. The minimum Gasteiger partial charge on any atom is -0.375 e. The summed E-state index contributed by atoms with van der Waals surface area (Å²) in [6, 6.07) is 13.6. The molecule has 0 atom stereocenters. The molecule has 2 N–H and O–H groups in total. The molecule has 0 aromatic heterocycles. The average Bonchev–Trinajstić information content (AvgIpc) is 2.56. The van der Waals surface area contributed by atoms with Gasteiger partial charge in [-0.3, -0.25) is 9.52 Å². The Morgan fingerprint density at radius 2 is 1.79 bits per heavy atom. The summed E-state index contributed by atoms with van der Waals surface area (Å²) in [5, 5.41) is 0. The SMILES string of the molecule is CCN(C)c1ccc(NS(=O)(=O)NC(=O)c2ccccc2)c(C)c1. The topological polar surface area (TPSA) is 78.5 Å². The number of amides is 1. The molecule has 0 aliphatic carbocycles. The van der Waals surface area contributed by atoms with Crippen LogP contribution in [-0.4, -0.2) is 27.9 Å². The number of aryl methyl sites for hydroxylation is 1. The first-order chi connectivity index (χ1) is 11.3. The monoisotopic (exact) mass is 347 g/mol. The van der Waals surface area contributed by atoms with E-state index in [1.165, 1.54) is 0 Å². The molecule has 0 radical (unpaired) electrons. The molecule has 1 amide bonds. The van der Waals surface area contributed by atoms with Gasteiger partial charge in [-0.15, -0.1) is 0 Å². The highest BCUT2D eigenvalue weighted by Crippen LogP contribution is 2.22. The van der Waals surface area contributed by atoms with Crippen molar-refractivity contribution >= 4 is 27.5 Å². The van der Waals surface area contributed by atoms with Crippen LogP contribution >= 0.6 is 0 Å². The van der Waals surface area contributed by atoms with E-state index in [1.54, 1.807) is 36.4 Å². The van der Waals surface area contributed by atoms with Crippen molar-refractivity contribution in [3.8, 4) is 0 Å². The molecule has 128 valence electrons. The van der Waals surface area contributed by atoms with Gasteiger partial charge >= 0.3 is 10.2 Å². The second-order valence-corrected chi connectivity index (χ2v) is 6.83. The third-order valence-electron chi connectivity index (χ3n) is 3.63. The number of nitrogens with one attached hydrogen (secondary N) is 2. The fraction of sp³-hybridized carbons (Fsp3) is 0.235. The van der Waals surface area contributed by atoms with E-state index in [0.29, 0.717) is 5.69 Å². The Balaban J connectivity index is 2.13. The maximum atomic E-state index is 12.2. The Morgan fingerprint density at radius 1 is 1.12 bits per heavy atom. The standard InChI is InChI=1S/C17H21N3O3S/c1-4-20(3)15-10-11-16(13(2)12-15)18-24(22,23)19-17(21)14-8-6-5-7-9-14/h5-12,18H,4H2,1-3H3,(H,19,21). The van der Waals surface area contributed by atoms with E-state index in [4.69, 9.17) is 0 Å². The summed E-state index contributed by atoms with van der Waals surface area (Å²) < 4.78 is 28.7. The number of nitrogens with zero attached hydrogens (tertiary/aromatic N) is 1. The third kappa shape index (κ3) is 4.48. The Hall–Kier alpha value is -2.54. The molecule has 2 rings (SSSR count). The molecule has 0 aliphatic heterocycles. The fourth-order valence-electron chi connectivity index (χ4n) is 2.12. The van der Waals surface area contributed by atoms with Gasteiger partial charge in [0.2, 0.25) is 0 Å². The average molecular weight is 347 g/mol. The molecule has 0 heterocycles. The molecule has 0 bridgehead atoms. The van der Waals surface area contributed by atoms with Gasteiger partial charge in [0.1, 0.15) is 0 Å². The van der Waals surface area contributed by atoms with Crippen molar-refractivity contribution in [2.45, 2.75) is 13.8 Å². The van der Waals surface area contributed by atoms with Crippen LogP contribution in [0.1, 0.15) is 22.8 Å². The highest BCUT2D eigenvalue weighted by atomic mass is 32.2. The number of benzene rings is 2. The summed E-state index contributed by atoms with van der Waals surface area (Å²) in [6.07, 6.45) is 0. The highest BCUT2D eigenvalue weighted by Gasteiger charge is 2.16. The zero-order valence-corrected chi connectivity index (χ0v) is 14.7. The van der Waals surface area contributed by atoms with Crippen LogP contribution in [0, 0.1) is 6.92 Å². The number of hydrogen-bond acceptors (Lipinski definition) is 4. The van der Waals surface area contributed by atoms with Gasteiger partial charge in [0.25, 0.3) is 5.91 Å². The summed E-state index contributed by atoms with van der Waals surface area (Å²) in [5.41, 5.74) is 2.47. The van der Waals surface area contributed by atoms with Gasteiger partial charge in [0, 0.05) is 24.8 Å². The van der Waals surface area contributed by atoms with E-state index >= 15 is 0 Å². The maximum Gasteiger partial charge on any atom is 0.323 e. The van der Waals surface area contributed by atoms with Gasteiger partial charge in [-0.1, -0.05) is 18.2 Å². The summed E-state index contributed by atoms with van der Waals surface area (Å²) in [7, 11) is -2.05. The van der Waals surface area contributed by atoms with Gasteiger partial charge < -0.3 is 4.90 Å². The van der Waals surface area contributed by atoms with E-state index in [0.717, 1.165) is 17.8 Å². The lowest BCUT2D eigenvalue weighted by atomic mass is 10.2. The van der Waals surface area contributed by atoms with Gasteiger partial charge in [0.05, 0.1) is 5.69 Å². The van der Waals surface area contributed by atoms with Crippen molar-refractivity contribution in [1.82, 2.24) is 4.72 Å². The van der Waals surface area contributed by atoms with Crippen LogP contribution in [-0.2, 0) is 10.2 Å². The van der Waals surface area contributed by atoms with Crippen LogP contribution in [0.25, 0.3) is 0 Å². The minimum absolute atomic E-state index is 0.277. The fourth-order valence-corrected chi connectivity index (χ4v) is 3.05. The van der Waals surface area contributed by atoms with E-state index in [2.05, 4.69) is 4.72 Å². The lowest BCUT2D eigenvalue weighted by Gasteiger charge is -2.19. The van der Waals surface area contributed by atoms with Crippen LogP contribution in [0.2, 0.25) is 0 Å². The number of rotatable bonds is 6. The van der Waals surface area contributed by atoms with Crippen molar-refractivity contribution in [3.05, 3.63) is 59.7 Å². The summed E-state index contributed by atoms with van der Waals surface area (Å²) in [5.74, 6) is -0.678. The molecule has 2 aromatic carbocycles. The van der Waals surface area contributed by atoms with Crippen LogP contribution in [0.3, 0.4) is 0 Å². The van der Waals surface area contributed by atoms with E-state index in [9.17, 15) is 13.2 Å². The van der Waals surface area contributed by atoms with Crippen molar-refractivity contribution in [2.75, 3.05) is 23.2 Å². The third-order valence-corrected chi connectivity index (χ3v) is 4.58. The minimum atomic E-state index is -4.01. The van der Waals surface area contributed by atoms with Gasteiger partial charge in [-0.05, 0) is 49.7 Å². The van der Waals surface area contributed by atoms with Crippen molar-refractivity contribution < 1.29 is 13.2 Å². The Bertz CT molecular complexity index is 820. The van der Waals surface area contributed by atoms with E-state index in [-0.39, 0.29) is 5.56 Å². The first-order valence-electron chi connectivity index (χ1n) is 7.54. The van der Waals surface area contributed by atoms with E-state index < -0.39 is 16.1 Å². The van der Waals surface area contributed by atoms with Crippen LogP contribution < -0.4 is 14.3 Å². The quantitative estimate of drug-likeness (QED) is 0.842. The molecule has 2 aromatic rings. The Labute approximate surface area is 142 Å². The second kappa shape index (κ2) is 7.35. The number of anilines is 2. The van der Waals surface area contributed by atoms with Gasteiger partial charge in [0.15, 0.2) is 0 Å².